The van der Waals surface area contributed by atoms with E-state index in [9.17, 15) is 14.7 Å². The van der Waals surface area contributed by atoms with Gasteiger partial charge in [0.25, 0.3) is 0 Å². The third kappa shape index (κ3) is 32.4. The molecule has 0 aromatic rings. The molecule has 0 aliphatic carbocycles. The Kier molecular flexibility index (Phi) is 35.0. The van der Waals surface area contributed by atoms with Gasteiger partial charge in [-0.25, -0.2) is 4.79 Å². The number of primary amides is 1. The third-order valence-electron chi connectivity index (χ3n) is 9.65. The second-order valence-electron chi connectivity index (χ2n) is 14.1. The van der Waals surface area contributed by atoms with Gasteiger partial charge < -0.3 is 10.8 Å². The van der Waals surface area contributed by atoms with E-state index in [0.29, 0.717) is 24.0 Å². The number of rotatable bonds is 37. The average molecular weight is 646 g/mol. The minimum atomic E-state index is -0.868. The molecule has 0 aromatic heterocycles. The number of carbonyl (C=O) groups excluding carboxylic acids is 1. The van der Waals surface area contributed by atoms with Crippen molar-refractivity contribution in [1.82, 2.24) is 0 Å². The summed E-state index contributed by atoms with van der Waals surface area (Å²) in [5.74, 6) is -1.28. The number of carbonyl (C=O) groups is 2. The number of allylic oxidation sites excluding steroid dienone is 2. The molecule has 46 heavy (non-hydrogen) atoms. The lowest BCUT2D eigenvalue weighted by molar-refractivity contribution is -0.132. The summed E-state index contributed by atoms with van der Waals surface area (Å²) in [5.41, 5.74) is 6.64. The van der Waals surface area contributed by atoms with Crippen LogP contribution in [-0.2, 0) is 9.59 Å². The number of nitrogens with two attached hydrogens (primary N) is 1. The summed E-state index contributed by atoms with van der Waals surface area (Å²) in [7, 11) is 0. The van der Waals surface area contributed by atoms with E-state index in [1.807, 2.05) is 12.2 Å². The van der Waals surface area contributed by atoms with Gasteiger partial charge in [0.15, 0.2) is 0 Å². The Labute approximate surface area is 287 Å². The Bertz CT molecular complexity index is 679. The lowest BCUT2D eigenvalue weighted by Gasteiger charge is -2.06. The maximum Gasteiger partial charge on any atom is 0.331 e. The van der Waals surface area contributed by atoms with Gasteiger partial charge in [-0.05, 0) is 38.5 Å². The van der Waals surface area contributed by atoms with Crippen molar-refractivity contribution < 1.29 is 14.7 Å². The number of amides is 1. The van der Waals surface area contributed by atoms with E-state index < -0.39 is 11.9 Å². The van der Waals surface area contributed by atoms with Gasteiger partial charge in [0.1, 0.15) is 0 Å². The number of hydrogen-bond donors (Lipinski definition) is 2. The number of unbranched alkanes of at least 4 members (excludes halogenated alkanes) is 30. The summed E-state index contributed by atoms with van der Waals surface area (Å²) in [6.45, 7) is 4.55. The first-order valence-corrected chi connectivity index (χ1v) is 20.4. The number of hydrogen-bond acceptors (Lipinski definition) is 2. The van der Waals surface area contributed by atoms with Crippen LogP contribution in [0.15, 0.2) is 23.3 Å². The van der Waals surface area contributed by atoms with E-state index in [1.165, 1.54) is 173 Å². The number of carboxylic acids is 1. The summed E-state index contributed by atoms with van der Waals surface area (Å²) in [5, 5.41) is 9.67. The van der Waals surface area contributed by atoms with E-state index in [0.717, 1.165) is 32.1 Å². The van der Waals surface area contributed by atoms with Gasteiger partial charge in [0, 0.05) is 11.1 Å². The molecule has 0 bridgehead atoms. The third-order valence-corrected chi connectivity index (χ3v) is 9.65. The molecule has 1 amide bonds. The van der Waals surface area contributed by atoms with Crippen molar-refractivity contribution in [2.45, 2.75) is 232 Å². The van der Waals surface area contributed by atoms with Crippen LogP contribution in [0.4, 0.5) is 0 Å². The monoisotopic (exact) mass is 646 g/mol. The highest BCUT2D eigenvalue weighted by Crippen LogP contribution is 2.18. The lowest BCUT2D eigenvalue weighted by atomic mass is 10.00. The molecule has 0 aliphatic heterocycles. The highest BCUT2D eigenvalue weighted by Gasteiger charge is 2.11. The van der Waals surface area contributed by atoms with Crippen LogP contribution in [0.3, 0.4) is 0 Å². The van der Waals surface area contributed by atoms with Crippen LogP contribution in [0.5, 0.6) is 0 Å². The van der Waals surface area contributed by atoms with Crippen molar-refractivity contribution in [3.63, 3.8) is 0 Å². The molecule has 0 aliphatic rings. The topological polar surface area (TPSA) is 80.4 Å². The minimum absolute atomic E-state index is 0.377. The van der Waals surface area contributed by atoms with E-state index >= 15 is 0 Å². The molecule has 4 nitrogen and oxygen atoms in total. The van der Waals surface area contributed by atoms with Gasteiger partial charge in [-0.1, -0.05) is 206 Å². The maximum absolute atomic E-state index is 12.0. The van der Waals surface area contributed by atoms with Crippen molar-refractivity contribution in [2.24, 2.45) is 5.73 Å². The van der Waals surface area contributed by atoms with Crippen LogP contribution in [0.1, 0.15) is 232 Å². The molecule has 4 heteroatoms. The Hall–Kier alpha value is -1.58. The summed E-state index contributed by atoms with van der Waals surface area (Å²) in [6.07, 6.45) is 46.3. The van der Waals surface area contributed by atoms with Gasteiger partial charge in [0.2, 0.25) is 5.91 Å². The van der Waals surface area contributed by atoms with Gasteiger partial charge in [-0.3, -0.25) is 4.79 Å². The van der Waals surface area contributed by atoms with Gasteiger partial charge in [-0.2, -0.15) is 0 Å². The van der Waals surface area contributed by atoms with Gasteiger partial charge in [-0.15, -0.1) is 0 Å². The first kappa shape index (κ1) is 44.4. The summed E-state index contributed by atoms with van der Waals surface area (Å²) in [4.78, 5) is 23.8. The predicted molar refractivity (Wildman–Crippen MR) is 201 cm³/mol. The van der Waals surface area contributed by atoms with Crippen LogP contribution in [0.25, 0.3) is 0 Å². The predicted octanol–water partition coefficient (Wildman–Crippen LogP) is 13.7. The molecular weight excluding hydrogens is 566 g/mol. The zero-order chi connectivity index (χ0) is 33.8. The molecule has 0 unspecified atom stereocenters. The molecule has 0 fully saturated rings. The quantitative estimate of drug-likeness (QED) is 0.0521. The standard InChI is InChI=1S/C42H79NO3/c1-3-5-7-9-11-13-15-17-19-21-23-25-27-29-31-33-35-39(41(43)44)37-38-40(42(45)46)36-34-32-30-28-26-24-22-20-18-16-14-12-10-8-6-4-2/h35-36H,3-34,37-38H2,1-2H3,(H2,43,44)(H,45,46)/b39-35+,40-36+. The maximum atomic E-state index is 12.0. The molecule has 0 radical (unpaired) electrons. The van der Waals surface area contributed by atoms with Crippen LogP contribution in [0.2, 0.25) is 0 Å². The van der Waals surface area contributed by atoms with Crippen LogP contribution in [0, 0.1) is 0 Å². The first-order valence-electron chi connectivity index (χ1n) is 20.4. The van der Waals surface area contributed by atoms with Gasteiger partial charge >= 0.3 is 5.97 Å². The summed E-state index contributed by atoms with van der Waals surface area (Å²) < 4.78 is 0. The second kappa shape index (κ2) is 36.3. The van der Waals surface area contributed by atoms with E-state index in [-0.39, 0.29) is 0 Å². The van der Waals surface area contributed by atoms with Crippen molar-refractivity contribution in [1.29, 1.82) is 0 Å². The van der Waals surface area contributed by atoms with E-state index in [4.69, 9.17) is 5.73 Å². The molecular formula is C42H79NO3. The molecule has 0 spiro atoms. The largest absolute Gasteiger partial charge is 0.478 e. The Morgan fingerprint density at radius 3 is 0.913 bits per heavy atom. The molecule has 0 saturated carbocycles. The molecule has 270 valence electrons. The van der Waals surface area contributed by atoms with Gasteiger partial charge in [0.05, 0.1) is 0 Å². The first-order chi connectivity index (χ1) is 22.5. The minimum Gasteiger partial charge on any atom is -0.478 e. The van der Waals surface area contributed by atoms with Crippen LogP contribution < -0.4 is 5.73 Å². The van der Waals surface area contributed by atoms with Crippen molar-refractivity contribution >= 4 is 11.9 Å². The Balaban J connectivity index is 3.87. The molecule has 0 atom stereocenters. The highest BCUT2D eigenvalue weighted by molar-refractivity contribution is 5.92. The summed E-state index contributed by atoms with van der Waals surface area (Å²) in [6, 6.07) is 0. The van der Waals surface area contributed by atoms with Crippen molar-refractivity contribution in [3.05, 3.63) is 23.3 Å². The molecule has 0 saturated heterocycles. The average Bonchev–Trinajstić information content (AvgIpc) is 3.04. The lowest BCUT2D eigenvalue weighted by Crippen LogP contribution is -2.15. The number of carboxylic acid groups (broad SMARTS) is 1. The summed E-state index contributed by atoms with van der Waals surface area (Å²) >= 11 is 0. The molecule has 3 N–H and O–H groups in total. The Morgan fingerprint density at radius 1 is 0.413 bits per heavy atom. The Morgan fingerprint density at radius 2 is 0.652 bits per heavy atom. The smallest absolute Gasteiger partial charge is 0.331 e. The molecule has 0 heterocycles. The van der Waals surface area contributed by atoms with Crippen LogP contribution in [-0.4, -0.2) is 17.0 Å². The molecule has 0 aromatic carbocycles. The van der Waals surface area contributed by atoms with Crippen LogP contribution >= 0.6 is 0 Å². The zero-order valence-corrected chi connectivity index (χ0v) is 31.0. The molecule has 0 rings (SSSR count). The fourth-order valence-corrected chi connectivity index (χ4v) is 6.48. The normalized spacial score (nSPS) is 12.2. The number of aliphatic carboxylic acids is 1. The zero-order valence-electron chi connectivity index (χ0n) is 31.0. The van der Waals surface area contributed by atoms with Crippen molar-refractivity contribution in [2.75, 3.05) is 0 Å². The van der Waals surface area contributed by atoms with Crippen molar-refractivity contribution in [3.8, 4) is 0 Å². The fourth-order valence-electron chi connectivity index (χ4n) is 6.48. The van der Waals surface area contributed by atoms with E-state index in [1.54, 1.807) is 0 Å². The van der Waals surface area contributed by atoms with E-state index in [2.05, 4.69) is 13.8 Å². The fraction of sp³-hybridized carbons (Fsp3) is 0.857. The SMILES string of the molecule is CCCCCCCCCCCCCCCCC/C=C(\CC/C(=C\CCCCCCCCCCCCCCCCC)C(=O)O)C(N)=O. The highest BCUT2D eigenvalue weighted by atomic mass is 16.4. The second-order valence-corrected chi connectivity index (χ2v) is 14.1.